The summed E-state index contributed by atoms with van der Waals surface area (Å²) in [6, 6.07) is 7.09. The van der Waals surface area contributed by atoms with E-state index in [1.807, 2.05) is 0 Å². The fourth-order valence-corrected chi connectivity index (χ4v) is 2.52. The monoisotopic (exact) mass is 344 g/mol. The van der Waals surface area contributed by atoms with E-state index in [1.54, 1.807) is 42.7 Å². The third-order valence-corrected chi connectivity index (χ3v) is 3.81. The lowest BCUT2D eigenvalue weighted by atomic mass is 10.1. The minimum Gasteiger partial charge on any atom is -0.480 e. The Hall–Kier alpha value is -2.86. The number of halogens is 1. The summed E-state index contributed by atoms with van der Waals surface area (Å²) in [5.74, 6) is -1.27. The minimum atomic E-state index is -1.13. The Kier molecular flexibility index (Phi) is 4.22. The van der Waals surface area contributed by atoms with Gasteiger partial charge < -0.3 is 9.84 Å². The first kappa shape index (κ1) is 16.0. The lowest BCUT2D eigenvalue weighted by Gasteiger charge is -2.33. The highest BCUT2D eigenvalue weighted by Gasteiger charge is 2.36. The highest BCUT2D eigenvalue weighted by Crippen LogP contribution is 2.38. The largest absolute Gasteiger partial charge is 0.480 e. The first-order valence-electron chi connectivity index (χ1n) is 7.13. The molecule has 122 valence electrons. The molecule has 1 unspecified atom stereocenters. The Labute approximate surface area is 142 Å². The number of rotatable bonds is 3. The van der Waals surface area contributed by atoms with Gasteiger partial charge in [-0.3, -0.25) is 14.7 Å². The Morgan fingerprint density at radius 2 is 2.04 bits per heavy atom. The molecule has 0 fully saturated rings. The molecule has 2 heterocycles. The van der Waals surface area contributed by atoms with Gasteiger partial charge in [0.25, 0.3) is 5.91 Å². The van der Waals surface area contributed by atoms with Crippen LogP contribution in [0.15, 0.2) is 48.5 Å². The molecule has 2 aromatic rings. The van der Waals surface area contributed by atoms with Gasteiger partial charge in [-0.25, -0.2) is 4.79 Å². The zero-order valence-corrected chi connectivity index (χ0v) is 13.4. The number of carboxylic acid groups (broad SMARTS) is 1. The number of anilines is 1. The number of aliphatic carboxylic acids is 1. The van der Waals surface area contributed by atoms with Crippen LogP contribution in [0.5, 0.6) is 5.75 Å². The number of benzene rings is 1. The predicted molar refractivity (Wildman–Crippen MR) is 88.9 cm³/mol. The quantitative estimate of drug-likeness (QED) is 0.866. The van der Waals surface area contributed by atoms with Crippen molar-refractivity contribution >= 4 is 35.2 Å². The Morgan fingerprint density at radius 3 is 2.71 bits per heavy atom. The molecule has 7 heteroatoms. The molecule has 0 saturated heterocycles. The summed E-state index contributed by atoms with van der Waals surface area (Å²) < 4.78 is 5.66. The second kappa shape index (κ2) is 6.33. The van der Waals surface area contributed by atoms with E-state index in [1.165, 1.54) is 17.9 Å². The number of ether oxygens (including phenoxy) is 1. The zero-order chi connectivity index (χ0) is 17.3. The normalized spacial score (nSPS) is 16.5. The van der Waals surface area contributed by atoms with E-state index in [9.17, 15) is 14.7 Å². The van der Waals surface area contributed by atoms with Crippen LogP contribution < -0.4 is 9.64 Å². The van der Waals surface area contributed by atoms with Crippen LogP contribution in [0.3, 0.4) is 0 Å². The molecule has 0 aliphatic carbocycles. The van der Waals surface area contributed by atoms with Crippen molar-refractivity contribution in [2.24, 2.45) is 0 Å². The Morgan fingerprint density at radius 1 is 1.33 bits per heavy atom. The van der Waals surface area contributed by atoms with Crippen LogP contribution in [0.4, 0.5) is 5.69 Å². The van der Waals surface area contributed by atoms with Gasteiger partial charge in [0.2, 0.25) is 0 Å². The van der Waals surface area contributed by atoms with Crippen LogP contribution in [0.25, 0.3) is 6.08 Å². The maximum absolute atomic E-state index is 12.8. The van der Waals surface area contributed by atoms with Gasteiger partial charge in [0.05, 0.1) is 5.69 Å². The van der Waals surface area contributed by atoms with Gasteiger partial charge in [-0.2, -0.15) is 0 Å². The van der Waals surface area contributed by atoms with Crippen molar-refractivity contribution in [2.45, 2.75) is 13.0 Å². The molecule has 0 bridgehead atoms. The molecule has 1 aromatic carbocycles. The van der Waals surface area contributed by atoms with Crippen LogP contribution in [-0.2, 0) is 9.59 Å². The average molecular weight is 345 g/mol. The number of carboxylic acids is 1. The topological polar surface area (TPSA) is 79.7 Å². The SMILES string of the molecule is CC(C(=O)O)N1C(=O)/C(=C\c2ccncc2)Oc2ccc(Cl)cc21. The predicted octanol–water partition coefficient (Wildman–Crippen LogP) is 2.97. The zero-order valence-electron chi connectivity index (χ0n) is 12.6. The van der Waals surface area contributed by atoms with Crippen LogP contribution in [-0.4, -0.2) is 28.0 Å². The highest BCUT2D eigenvalue weighted by molar-refractivity contribution is 6.31. The Balaban J connectivity index is 2.11. The number of hydrogen-bond acceptors (Lipinski definition) is 4. The maximum Gasteiger partial charge on any atom is 0.326 e. The van der Waals surface area contributed by atoms with Crippen LogP contribution in [0, 0.1) is 0 Å². The number of nitrogens with zero attached hydrogens (tertiary/aromatic N) is 2. The second-order valence-corrected chi connectivity index (χ2v) is 5.63. The molecular weight excluding hydrogens is 332 g/mol. The summed E-state index contributed by atoms with van der Waals surface area (Å²) in [5.41, 5.74) is 1.04. The summed E-state index contributed by atoms with van der Waals surface area (Å²) in [7, 11) is 0. The summed E-state index contributed by atoms with van der Waals surface area (Å²) >= 11 is 5.98. The molecule has 1 atom stereocenters. The molecule has 0 saturated carbocycles. The van der Waals surface area contributed by atoms with E-state index >= 15 is 0 Å². The van der Waals surface area contributed by atoms with Crippen molar-refractivity contribution in [3.05, 3.63) is 59.1 Å². The second-order valence-electron chi connectivity index (χ2n) is 5.19. The molecule has 1 amide bonds. The van der Waals surface area contributed by atoms with Gasteiger partial charge >= 0.3 is 5.97 Å². The van der Waals surface area contributed by atoms with Crippen molar-refractivity contribution in [2.75, 3.05) is 4.90 Å². The fourth-order valence-electron chi connectivity index (χ4n) is 2.35. The van der Waals surface area contributed by atoms with Crippen LogP contribution in [0.2, 0.25) is 5.02 Å². The number of amides is 1. The van der Waals surface area contributed by atoms with Gasteiger partial charge in [-0.05, 0) is 48.9 Å². The molecule has 1 aromatic heterocycles. The Bertz CT molecular complexity index is 836. The number of carbonyl (C=O) groups is 2. The van der Waals surface area contributed by atoms with Gasteiger partial charge in [-0.1, -0.05) is 11.6 Å². The van der Waals surface area contributed by atoms with Crippen molar-refractivity contribution in [1.82, 2.24) is 4.98 Å². The van der Waals surface area contributed by atoms with Gasteiger partial charge in [0, 0.05) is 17.4 Å². The molecule has 1 aliphatic heterocycles. The van der Waals surface area contributed by atoms with E-state index in [-0.39, 0.29) is 5.76 Å². The molecule has 1 aliphatic rings. The molecular formula is C17H13ClN2O4. The lowest BCUT2D eigenvalue weighted by Crippen LogP contribution is -2.47. The van der Waals surface area contributed by atoms with E-state index in [0.717, 1.165) is 0 Å². The number of fused-ring (bicyclic) bond motifs is 1. The van der Waals surface area contributed by atoms with Gasteiger partial charge in [0.15, 0.2) is 11.5 Å². The van der Waals surface area contributed by atoms with Crippen molar-refractivity contribution < 1.29 is 19.4 Å². The van der Waals surface area contributed by atoms with Crippen molar-refractivity contribution in [3.8, 4) is 5.75 Å². The molecule has 3 rings (SSSR count). The third kappa shape index (κ3) is 2.96. The number of carbonyl (C=O) groups excluding carboxylic acids is 1. The maximum atomic E-state index is 12.8. The van der Waals surface area contributed by atoms with E-state index in [4.69, 9.17) is 16.3 Å². The molecule has 24 heavy (non-hydrogen) atoms. The molecule has 1 N–H and O–H groups in total. The van der Waals surface area contributed by atoms with E-state index < -0.39 is 17.9 Å². The van der Waals surface area contributed by atoms with Crippen molar-refractivity contribution in [1.29, 1.82) is 0 Å². The van der Waals surface area contributed by atoms with E-state index in [2.05, 4.69) is 4.98 Å². The first-order chi connectivity index (χ1) is 11.5. The molecule has 0 spiro atoms. The summed E-state index contributed by atoms with van der Waals surface area (Å²) in [5, 5.41) is 9.71. The van der Waals surface area contributed by atoms with Crippen LogP contribution >= 0.6 is 11.6 Å². The fraction of sp³-hybridized carbons (Fsp3) is 0.118. The van der Waals surface area contributed by atoms with Gasteiger partial charge in [-0.15, -0.1) is 0 Å². The average Bonchev–Trinajstić information content (AvgIpc) is 2.56. The van der Waals surface area contributed by atoms with Crippen molar-refractivity contribution in [3.63, 3.8) is 0 Å². The standard InChI is InChI=1S/C17H13ClN2O4/c1-10(17(22)23)20-13-9-12(18)2-3-14(13)24-15(16(20)21)8-11-4-6-19-7-5-11/h2-10H,1H3,(H,22,23)/b15-8+. The summed E-state index contributed by atoms with van der Waals surface area (Å²) in [6.07, 6.45) is 4.72. The van der Waals surface area contributed by atoms with E-state index in [0.29, 0.717) is 22.0 Å². The number of aromatic nitrogens is 1. The molecule has 0 radical (unpaired) electrons. The smallest absolute Gasteiger partial charge is 0.326 e. The number of pyridine rings is 1. The minimum absolute atomic E-state index is 0.0316. The number of hydrogen-bond donors (Lipinski definition) is 1. The highest BCUT2D eigenvalue weighted by atomic mass is 35.5. The first-order valence-corrected chi connectivity index (χ1v) is 7.50. The summed E-state index contributed by atoms with van der Waals surface area (Å²) in [4.78, 5) is 29.2. The van der Waals surface area contributed by atoms with Crippen LogP contribution in [0.1, 0.15) is 12.5 Å². The third-order valence-electron chi connectivity index (χ3n) is 3.58. The molecule has 6 nitrogen and oxygen atoms in total. The van der Waals surface area contributed by atoms with Gasteiger partial charge in [0.1, 0.15) is 6.04 Å². The summed E-state index contributed by atoms with van der Waals surface area (Å²) in [6.45, 7) is 1.43. The lowest BCUT2D eigenvalue weighted by molar-refractivity contribution is -0.139.